The van der Waals surface area contributed by atoms with Crippen LogP contribution in [0.3, 0.4) is 0 Å². The third-order valence-electron chi connectivity index (χ3n) is 1.37. The first kappa shape index (κ1) is 14.5. The van der Waals surface area contributed by atoms with Crippen LogP contribution in [0.4, 0.5) is 0 Å². The highest BCUT2D eigenvalue weighted by atomic mass is 35.5. The van der Waals surface area contributed by atoms with Crippen LogP contribution in [0.25, 0.3) is 0 Å². The van der Waals surface area contributed by atoms with Crippen LogP contribution in [0.5, 0.6) is 0 Å². The van der Waals surface area contributed by atoms with E-state index in [0.717, 1.165) is 0 Å². The molecule has 0 fully saturated rings. The van der Waals surface area contributed by atoms with Crippen molar-refractivity contribution in [3.05, 3.63) is 0 Å². The Balaban J connectivity index is 0. The number of nitrogens with one attached hydrogen (secondary N) is 2. The monoisotopic (exact) mass is 209 g/mol. The minimum atomic E-state index is -0.598. The lowest BCUT2D eigenvalue weighted by Crippen LogP contribution is -2.37. The van der Waals surface area contributed by atoms with Gasteiger partial charge in [-0.05, 0) is 12.8 Å². The average molecular weight is 210 g/mol. The number of primary amides is 1. The van der Waals surface area contributed by atoms with E-state index in [2.05, 4.69) is 5.32 Å². The maximum absolute atomic E-state index is 10.4. The molecule has 13 heavy (non-hydrogen) atoms. The van der Waals surface area contributed by atoms with Gasteiger partial charge in [-0.25, -0.2) is 0 Å². The van der Waals surface area contributed by atoms with Crippen molar-refractivity contribution in [2.75, 3.05) is 6.54 Å². The third-order valence-corrected chi connectivity index (χ3v) is 1.37. The second-order valence-corrected chi connectivity index (χ2v) is 2.49. The lowest BCUT2D eigenvalue weighted by atomic mass is 10.1. The van der Waals surface area contributed by atoms with Crippen molar-refractivity contribution in [1.29, 1.82) is 5.41 Å². The third kappa shape index (κ3) is 8.90. The number of carbonyl (C=O) groups is 1. The zero-order valence-corrected chi connectivity index (χ0v) is 8.06. The van der Waals surface area contributed by atoms with E-state index in [9.17, 15) is 4.79 Å². The van der Waals surface area contributed by atoms with Gasteiger partial charge in [-0.1, -0.05) is 0 Å². The van der Waals surface area contributed by atoms with Crippen LogP contribution >= 0.6 is 12.4 Å². The standard InChI is InChI=1S/C6H15N5O.ClH/c7-4(5(8)12)2-1-3-11-6(9)10;/h4H,1-3,7H2,(H2,8,12)(H4,9,10,11);1H/t4-;/m0./s1. The number of hydrogen-bond donors (Lipinski definition) is 5. The van der Waals surface area contributed by atoms with Crippen LogP contribution in [0.15, 0.2) is 0 Å². The maximum atomic E-state index is 10.4. The Bertz CT molecular complexity index is 174. The molecule has 0 aliphatic rings. The van der Waals surface area contributed by atoms with Crippen molar-refractivity contribution in [1.82, 2.24) is 5.32 Å². The first-order valence-electron chi connectivity index (χ1n) is 3.67. The van der Waals surface area contributed by atoms with Crippen LogP contribution in [-0.4, -0.2) is 24.5 Å². The van der Waals surface area contributed by atoms with Crippen LogP contribution in [0.1, 0.15) is 12.8 Å². The van der Waals surface area contributed by atoms with Gasteiger partial charge in [-0.3, -0.25) is 10.2 Å². The molecule has 8 N–H and O–H groups in total. The summed E-state index contributed by atoms with van der Waals surface area (Å²) in [5.74, 6) is -0.583. The van der Waals surface area contributed by atoms with Crippen LogP contribution in [0, 0.1) is 5.41 Å². The van der Waals surface area contributed by atoms with Gasteiger partial charge in [0, 0.05) is 6.54 Å². The Labute approximate surface area is 83.1 Å². The number of halogens is 1. The first-order chi connectivity index (χ1) is 5.54. The molecule has 0 saturated heterocycles. The van der Waals surface area contributed by atoms with Crippen LogP contribution in [-0.2, 0) is 4.79 Å². The molecule has 0 bridgehead atoms. The summed E-state index contributed by atoms with van der Waals surface area (Å²) in [6.45, 7) is 0.538. The molecule has 6 nitrogen and oxygen atoms in total. The number of nitrogens with two attached hydrogens (primary N) is 3. The fourth-order valence-electron chi connectivity index (χ4n) is 0.687. The first-order valence-corrected chi connectivity index (χ1v) is 3.67. The Hall–Kier alpha value is -1.01. The Morgan fingerprint density at radius 2 is 2.00 bits per heavy atom. The highest BCUT2D eigenvalue weighted by Crippen LogP contribution is 1.91. The normalized spacial score (nSPS) is 11.2. The van der Waals surface area contributed by atoms with Crippen molar-refractivity contribution < 1.29 is 4.79 Å². The number of hydrogen-bond acceptors (Lipinski definition) is 3. The van der Waals surface area contributed by atoms with Gasteiger partial charge in [0.25, 0.3) is 0 Å². The lowest BCUT2D eigenvalue weighted by molar-refractivity contribution is -0.119. The summed E-state index contributed by atoms with van der Waals surface area (Å²) in [7, 11) is 0. The summed E-state index contributed by atoms with van der Waals surface area (Å²) < 4.78 is 0. The van der Waals surface area contributed by atoms with E-state index in [1.165, 1.54) is 0 Å². The number of guanidine groups is 1. The largest absolute Gasteiger partial charge is 0.370 e. The molecule has 0 heterocycles. The van der Waals surface area contributed by atoms with Crippen LogP contribution in [0.2, 0.25) is 0 Å². The molecule has 1 atom stereocenters. The van der Waals surface area contributed by atoms with Crippen LogP contribution < -0.4 is 22.5 Å². The summed E-state index contributed by atoms with van der Waals surface area (Å²) in [6.07, 6.45) is 1.18. The summed E-state index contributed by atoms with van der Waals surface area (Å²) in [6, 6.07) is -0.598. The quantitative estimate of drug-likeness (QED) is 0.214. The van der Waals surface area contributed by atoms with E-state index < -0.39 is 11.9 Å². The van der Waals surface area contributed by atoms with E-state index in [1.807, 2.05) is 0 Å². The fraction of sp³-hybridized carbons (Fsp3) is 0.667. The summed E-state index contributed by atoms with van der Waals surface area (Å²) in [5.41, 5.74) is 15.3. The molecule has 0 unspecified atom stereocenters. The van der Waals surface area contributed by atoms with Gasteiger partial charge < -0.3 is 22.5 Å². The van der Waals surface area contributed by atoms with Gasteiger partial charge in [0.2, 0.25) is 5.91 Å². The topological polar surface area (TPSA) is 131 Å². The molecule has 1 amide bonds. The molecule has 0 spiro atoms. The molecule has 0 aliphatic carbocycles. The van der Waals surface area contributed by atoms with Crippen molar-refractivity contribution in [3.63, 3.8) is 0 Å². The van der Waals surface area contributed by atoms with Gasteiger partial charge in [-0.15, -0.1) is 12.4 Å². The minimum absolute atomic E-state index is 0. The maximum Gasteiger partial charge on any atom is 0.234 e. The van der Waals surface area contributed by atoms with Crippen molar-refractivity contribution in [2.45, 2.75) is 18.9 Å². The summed E-state index contributed by atoms with van der Waals surface area (Å²) in [5, 5.41) is 9.40. The molecular weight excluding hydrogens is 194 g/mol. The van der Waals surface area contributed by atoms with E-state index in [1.54, 1.807) is 0 Å². The molecule has 0 aromatic carbocycles. The SMILES string of the molecule is Cl.N=C(N)NCCC[C@H](N)C(N)=O. The summed E-state index contributed by atoms with van der Waals surface area (Å²) in [4.78, 5) is 10.4. The number of amides is 1. The Morgan fingerprint density at radius 1 is 1.46 bits per heavy atom. The predicted molar refractivity (Wildman–Crippen MR) is 53.6 cm³/mol. The van der Waals surface area contributed by atoms with Gasteiger partial charge in [0.05, 0.1) is 6.04 Å². The number of rotatable bonds is 5. The molecule has 78 valence electrons. The van der Waals surface area contributed by atoms with Crippen molar-refractivity contribution >= 4 is 24.3 Å². The van der Waals surface area contributed by atoms with E-state index in [0.29, 0.717) is 19.4 Å². The molecule has 0 saturated carbocycles. The van der Waals surface area contributed by atoms with Gasteiger partial charge in [-0.2, -0.15) is 0 Å². The second-order valence-electron chi connectivity index (χ2n) is 2.49. The second kappa shape index (κ2) is 7.63. The highest BCUT2D eigenvalue weighted by molar-refractivity contribution is 5.85. The molecule has 0 aromatic rings. The molecule has 0 radical (unpaired) electrons. The average Bonchev–Trinajstić information content (AvgIpc) is 1.97. The highest BCUT2D eigenvalue weighted by Gasteiger charge is 2.07. The molecule has 0 rings (SSSR count). The van der Waals surface area contributed by atoms with Crippen molar-refractivity contribution in [3.8, 4) is 0 Å². The van der Waals surface area contributed by atoms with E-state index in [-0.39, 0.29) is 18.4 Å². The molecule has 0 aliphatic heterocycles. The zero-order chi connectivity index (χ0) is 9.56. The van der Waals surface area contributed by atoms with Crippen molar-refractivity contribution in [2.24, 2.45) is 17.2 Å². The van der Waals surface area contributed by atoms with E-state index >= 15 is 0 Å². The van der Waals surface area contributed by atoms with E-state index in [4.69, 9.17) is 22.6 Å². The number of carbonyl (C=O) groups excluding carboxylic acids is 1. The summed E-state index contributed by atoms with van der Waals surface area (Å²) >= 11 is 0. The fourth-order valence-corrected chi connectivity index (χ4v) is 0.687. The van der Waals surface area contributed by atoms with Gasteiger partial charge in [0.15, 0.2) is 5.96 Å². The molecular formula is C6H16ClN5O. The Morgan fingerprint density at radius 3 is 2.38 bits per heavy atom. The van der Waals surface area contributed by atoms with Gasteiger partial charge >= 0.3 is 0 Å². The zero-order valence-electron chi connectivity index (χ0n) is 7.25. The minimum Gasteiger partial charge on any atom is -0.370 e. The smallest absolute Gasteiger partial charge is 0.234 e. The lowest BCUT2D eigenvalue weighted by Gasteiger charge is -2.07. The molecule has 0 aromatic heterocycles. The predicted octanol–water partition coefficient (Wildman–Crippen LogP) is -1.52. The van der Waals surface area contributed by atoms with Gasteiger partial charge in [0.1, 0.15) is 0 Å². The Kier molecular flexibility index (Phi) is 8.52. The molecule has 7 heteroatoms.